The number of esters is 1. The zero-order chi connectivity index (χ0) is 13.7. The van der Waals surface area contributed by atoms with Crippen molar-refractivity contribution in [3.63, 3.8) is 0 Å². The molecule has 0 aliphatic heterocycles. The molecule has 0 saturated carbocycles. The maximum absolute atomic E-state index is 13.7. The van der Waals surface area contributed by atoms with Crippen molar-refractivity contribution < 1.29 is 18.7 Å². The molecule has 0 amide bonds. The van der Waals surface area contributed by atoms with E-state index in [4.69, 9.17) is 4.74 Å². The summed E-state index contributed by atoms with van der Waals surface area (Å²) < 4.78 is 23.7. The van der Waals surface area contributed by atoms with Gasteiger partial charge in [-0.3, -0.25) is 9.78 Å². The minimum atomic E-state index is -0.503. The van der Waals surface area contributed by atoms with E-state index in [-0.39, 0.29) is 12.0 Å². The number of rotatable bonds is 4. The molecule has 19 heavy (non-hydrogen) atoms. The summed E-state index contributed by atoms with van der Waals surface area (Å²) in [6.45, 7) is 0. The number of methoxy groups -OCH3 is 1. The molecule has 4 nitrogen and oxygen atoms in total. The van der Waals surface area contributed by atoms with Gasteiger partial charge in [-0.2, -0.15) is 0 Å². The number of benzene rings is 1. The summed E-state index contributed by atoms with van der Waals surface area (Å²) in [5, 5.41) is 0. The fraction of sp³-hybridized carbons (Fsp3) is 0.143. The quantitative estimate of drug-likeness (QED) is 0.794. The van der Waals surface area contributed by atoms with Crippen molar-refractivity contribution in [1.82, 2.24) is 4.98 Å². The molecular weight excluding hydrogens is 249 g/mol. The molecule has 0 bridgehead atoms. The second-order valence-electron chi connectivity index (χ2n) is 3.79. The highest BCUT2D eigenvalue weighted by molar-refractivity contribution is 5.72. The first-order chi connectivity index (χ1) is 9.19. The molecule has 2 aromatic rings. The molecule has 0 aliphatic carbocycles. The largest absolute Gasteiger partial charge is 0.469 e. The Morgan fingerprint density at radius 2 is 1.95 bits per heavy atom. The molecule has 0 aliphatic rings. The van der Waals surface area contributed by atoms with Gasteiger partial charge in [0.25, 0.3) is 0 Å². The Morgan fingerprint density at radius 3 is 2.58 bits per heavy atom. The van der Waals surface area contributed by atoms with Crippen LogP contribution in [0.4, 0.5) is 4.39 Å². The average Bonchev–Trinajstić information content (AvgIpc) is 2.43. The number of carbonyl (C=O) groups is 1. The molecule has 1 aromatic heterocycles. The summed E-state index contributed by atoms with van der Waals surface area (Å²) >= 11 is 0. The summed E-state index contributed by atoms with van der Waals surface area (Å²) in [5.74, 6) is -0.0638. The summed E-state index contributed by atoms with van der Waals surface area (Å²) in [5.41, 5.74) is 0.272. The topological polar surface area (TPSA) is 48.4 Å². The van der Waals surface area contributed by atoms with Crippen molar-refractivity contribution >= 4 is 5.97 Å². The maximum Gasteiger partial charge on any atom is 0.310 e. The smallest absolute Gasteiger partial charge is 0.310 e. The normalized spacial score (nSPS) is 10.0. The number of hydrogen-bond acceptors (Lipinski definition) is 4. The van der Waals surface area contributed by atoms with Gasteiger partial charge in [0.2, 0.25) is 0 Å². The molecule has 5 heteroatoms. The highest BCUT2D eigenvalue weighted by Gasteiger charge is 2.09. The molecule has 0 fully saturated rings. The van der Waals surface area contributed by atoms with Gasteiger partial charge in [0.15, 0.2) is 0 Å². The van der Waals surface area contributed by atoms with Crippen LogP contribution in [0.3, 0.4) is 0 Å². The van der Waals surface area contributed by atoms with Gasteiger partial charge in [-0.15, -0.1) is 0 Å². The number of nitrogens with zero attached hydrogens (tertiary/aromatic N) is 1. The van der Waals surface area contributed by atoms with E-state index in [0.717, 1.165) is 0 Å². The lowest BCUT2D eigenvalue weighted by Gasteiger charge is -2.07. The Bertz CT molecular complexity index is 572. The van der Waals surface area contributed by atoms with Gasteiger partial charge in [-0.25, -0.2) is 4.39 Å². The first-order valence-corrected chi connectivity index (χ1v) is 5.62. The third kappa shape index (κ3) is 3.51. The van der Waals surface area contributed by atoms with Crippen LogP contribution in [0.25, 0.3) is 0 Å². The summed E-state index contributed by atoms with van der Waals surface area (Å²) in [7, 11) is 1.27. The number of hydrogen-bond donors (Lipinski definition) is 0. The first kappa shape index (κ1) is 13.0. The maximum atomic E-state index is 13.7. The molecule has 2 rings (SSSR count). The number of ether oxygens (including phenoxy) is 2. The predicted octanol–water partition coefficient (Wildman–Crippen LogP) is 2.73. The monoisotopic (exact) mass is 261 g/mol. The molecule has 0 N–H and O–H groups in total. The lowest BCUT2D eigenvalue weighted by molar-refractivity contribution is -0.139. The van der Waals surface area contributed by atoms with E-state index in [2.05, 4.69) is 9.72 Å². The van der Waals surface area contributed by atoms with Crippen molar-refractivity contribution in [3.05, 3.63) is 54.1 Å². The highest BCUT2D eigenvalue weighted by Crippen LogP contribution is 2.23. The Balaban J connectivity index is 2.13. The van der Waals surface area contributed by atoms with Crippen LogP contribution in [0.15, 0.2) is 42.7 Å². The van der Waals surface area contributed by atoms with Crippen LogP contribution in [0, 0.1) is 5.82 Å². The third-order valence-electron chi connectivity index (χ3n) is 2.47. The molecule has 0 radical (unpaired) electrons. The Labute approximate surface area is 109 Å². The number of pyridine rings is 1. The number of aromatic nitrogens is 1. The standard InChI is InChI=1S/C14H12FNO3/c1-18-14(17)8-10-2-3-12(9-13(10)15)19-11-4-6-16-7-5-11/h2-7,9H,8H2,1H3. The highest BCUT2D eigenvalue weighted by atomic mass is 19.1. The van der Waals surface area contributed by atoms with Crippen molar-refractivity contribution in [3.8, 4) is 11.5 Å². The lowest BCUT2D eigenvalue weighted by Crippen LogP contribution is -2.06. The minimum Gasteiger partial charge on any atom is -0.469 e. The van der Waals surface area contributed by atoms with Crippen LogP contribution in [0.5, 0.6) is 11.5 Å². The van der Waals surface area contributed by atoms with Crippen LogP contribution in [-0.4, -0.2) is 18.1 Å². The number of halogens is 1. The van der Waals surface area contributed by atoms with Gasteiger partial charge in [-0.1, -0.05) is 6.07 Å². The molecule has 0 atom stereocenters. The van der Waals surface area contributed by atoms with Gasteiger partial charge in [0.05, 0.1) is 13.5 Å². The Kier molecular flexibility index (Phi) is 4.07. The third-order valence-corrected chi connectivity index (χ3v) is 2.47. The van der Waals surface area contributed by atoms with Gasteiger partial charge < -0.3 is 9.47 Å². The summed E-state index contributed by atoms with van der Waals surface area (Å²) in [6, 6.07) is 7.67. The van der Waals surface area contributed by atoms with Gasteiger partial charge >= 0.3 is 5.97 Å². The molecule has 98 valence electrons. The average molecular weight is 261 g/mol. The second kappa shape index (κ2) is 5.95. The van der Waals surface area contributed by atoms with Gasteiger partial charge in [-0.05, 0) is 23.8 Å². The number of carbonyl (C=O) groups excluding carboxylic acids is 1. The van der Waals surface area contributed by atoms with Gasteiger partial charge in [0, 0.05) is 18.5 Å². The van der Waals surface area contributed by atoms with Crippen molar-refractivity contribution in [2.45, 2.75) is 6.42 Å². The zero-order valence-electron chi connectivity index (χ0n) is 10.3. The molecular formula is C14H12FNO3. The van der Waals surface area contributed by atoms with E-state index in [1.165, 1.54) is 19.2 Å². The van der Waals surface area contributed by atoms with Crippen LogP contribution < -0.4 is 4.74 Å². The van der Waals surface area contributed by atoms with E-state index in [9.17, 15) is 9.18 Å². The van der Waals surface area contributed by atoms with E-state index < -0.39 is 11.8 Å². The van der Waals surface area contributed by atoms with E-state index in [0.29, 0.717) is 11.5 Å². The molecule has 0 unspecified atom stereocenters. The van der Waals surface area contributed by atoms with Crippen molar-refractivity contribution in [1.29, 1.82) is 0 Å². The molecule has 0 spiro atoms. The van der Waals surface area contributed by atoms with Crippen molar-refractivity contribution in [2.75, 3.05) is 7.11 Å². The molecule has 0 saturated heterocycles. The van der Waals surface area contributed by atoms with Crippen LogP contribution >= 0.6 is 0 Å². The van der Waals surface area contributed by atoms with E-state index in [1.54, 1.807) is 30.6 Å². The zero-order valence-corrected chi connectivity index (χ0v) is 10.3. The van der Waals surface area contributed by atoms with E-state index >= 15 is 0 Å². The van der Waals surface area contributed by atoms with E-state index in [1.807, 2.05) is 0 Å². The predicted molar refractivity (Wildman–Crippen MR) is 66.4 cm³/mol. The minimum absolute atomic E-state index is 0.0993. The fourth-order valence-corrected chi connectivity index (χ4v) is 1.50. The first-order valence-electron chi connectivity index (χ1n) is 5.62. The fourth-order valence-electron chi connectivity index (χ4n) is 1.50. The SMILES string of the molecule is COC(=O)Cc1ccc(Oc2ccncc2)cc1F. The molecule has 1 aromatic carbocycles. The van der Waals surface area contributed by atoms with Gasteiger partial charge in [0.1, 0.15) is 17.3 Å². The Morgan fingerprint density at radius 1 is 1.21 bits per heavy atom. The van der Waals surface area contributed by atoms with Crippen LogP contribution in [0.2, 0.25) is 0 Å². The summed E-state index contributed by atoms with van der Waals surface area (Å²) in [4.78, 5) is 14.9. The molecule has 1 heterocycles. The summed E-state index contributed by atoms with van der Waals surface area (Å²) in [6.07, 6.45) is 3.06. The Hall–Kier alpha value is -2.43. The lowest BCUT2D eigenvalue weighted by atomic mass is 10.1. The second-order valence-corrected chi connectivity index (χ2v) is 3.79. The van der Waals surface area contributed by atoms with Crippen LogP contribution in [0.1, 0.15) is 5.56 Å². The van der Waals surface area contributed by atoms with Crippen molar-refractivity contribution in [2.24, 2.45) is 0 Å². The van der Waals surface area contributed by atoms with Crippen LogP contribution in [-0.2, 0) is 16.0 Å².